The first-order chi connectivity index (χ1) is 14.5. The van der Waals surface area contributed by atoms with Gasteiger partial charge in [0, 0.05) is 13.1 Å². The molecule has 0 aliphatic carbocycles. The van der Waals surface area contributed by atoms with Gasteiger partial charge in [0.15, 0.2) is 0 Å². The average Bonchev–Trinajstić information content (AvgIpc) is 2.78. The molecule has 2 aromatic rings. The smallest absolute Gasteiger partial charge is 0.224 e. The van der Waals surface area contributed by atoms with Crippen molar-refractivity contribution in [1.82, 2.24) is 9.62 Å². The number of sulfonamides is 1. The maximum Gasteiger partial charge on any atom is 0.224 e. The van der Waals surface area contributed by atoms with Crippen LogP contribution in [0.5, 0.6) is 5.75 Å². The van der Waals surface area contributed by atoms with E-state index in [1.807, 2.05) is 60.7 Å². The van der Waals surface area contributed by atoms with Crippen LogP contribution < -0.4 is 10.1 Å². The highest BCUT2D eigenvalue weighted by molar-refractivity contribution is 7.89. The maximum absolute atomic E-state index is 12.7. The molecule has 30 heavy (non-hydrogen) atoms. The molecule has 0 spiro atoms. The van der Waals surface area contributed by atoms with E-state index in [1.54, 1.807) is 0 Å². The highest BCUT2D eigenvalue weighted by Crippen LogP contribution is 2.20. The van der Waals surface area contributed by atoms with Crippen LogP contribution in [0.4, 0.5) is 0 Å². The van der Waals surface area contributed by atoms with Crippen LogP contribution in [-0.2, 0) is 21.2 Å². The number of aryl methyl sites for hydroxylation is 1. The van der Waals surface area contributed by atoms with Crippen molar-refractivity contribution in [2.24, 2.45) is 5.92 Å². The number of nitrogens with zero attached hydrogens (tertiary/aromatic N) is 1. The fourth-order valence-corrected chi connectivity index (χ4v) is 5.23. The number of nitrogens with one attached hydrogen (secondary N) is 1. The molecule has 1 saturated heterocycles. The minimum atomic E-state index is -3.35. The summed E-state index contributed by atoms with van der Waals surface area (Å²) < 4.78 is 32.5. The van der Waals surface area contributed by atoms with E-state index in [9.17, 15) is 13.2 Å². The second kappa shape index (κ2) is 11.1. The molecule has 1 fully saturated rings. The number of amides is 1. The highest BCUT2D eigenvalue weighted by Gasteiger charge is 2.31. The van der Waals surface area contributed by atoms with Gasteiger partial charge in [-0.15, -0.1) is 0 Å². The Morgan fingerprint density at radius 1 is 1.07 bits per heavy atom. The molecule has 0 bridgehead atoms. The van der Waals surface area contributed by atoms with E-state index in [2.05, 4.69) is 5.32 Å². The lowest BCUT2D eigenvalue weighted by atomic mass is 9.99. The fourth-order valence-electron chi connectivity index (χ4n) is 3.65. The molecule has 0 aromatic heterocycles. The fraction of sp³-hybridized carbons (Fsp3) is 0.435. The Morgan fingerprint density at radius 2 is 1.77 bits per heavy atom. The molecule has 1 aliphatic heterocycles. The summed E-state index contributed by atoms with van der Waals surface area (Å²) in [6, 6.07) is 19.3. The summed E-state index contributed by atoms with van der Waals surface area (Å²) in [6.45, 7) is 1.53. The van der Waals surface area contributed by atoms with Crippen molar-refractivity contribution in [3.63, 3.8) is 0 Å². The number of carbonyl (C=O) groups is 1. The predicted molar refractivity (Wildman–Crippen MR) is 118 cm³/mol. The lowest BCUT2D eigenvalue weighted by Crippen LogP contribution is -2.46. The molecule has 0 radical (unpaired) electrons. The van der Waals surface area contributed by atoms with Gasteiger partial charge in [0.05, 0.1) is 18.2 Å². The van der Waals surface area contributed by atoms with E-state index in [1.165, 1.54) is 4.31 Å². The van der Waals surface area contributed by atoms with Crippen LogP contribution in [0.1, 0.15) is 24.8 Å². The monoisotopic (exact) mass is 430 g/mol. The largest absolute Gasteiger partial charge is 0.492 e. The second-order valence-electron chi connectivity index (χ2n) is 7.55. The van der Waals surface area contributed by atoms with Gasteiger partial charge in [-0.3, -0.25) is 4.79 Å². The van der Waals surface area contributed by atoms with Crippen LogP contribution in [0.2, 0.25) is 0 Å². The molecule has 1 amide bonds. The molecule has 1 heterocycles. The Hall–Kier alpha value is -2.38. The van der Waals surface area contributed by atoms with Crippen LogP contribution >= 0.6 is 0 Å². The molecule has 0 saturated carbocycles. The van der Waals surface area contributed by atoms with Crippen molar-refractivity contribution in [1.29, 1.82) is 0 Å². The number of rotatable bonds is 10. The van der Waals surface area contributed by atoms with Gasteiger partial charge in [-0.05, 0) is 43.4 Å². The molecule has 6 nitrogen and oxygen atoms in total. The van der Waals surface area contributed by atoms with Crippen LogP contribution in [0, 0.1) is 5.92 Å². The quantitative estimate of drug-likeness (QED) is 0.588. The molecular formula is C23H30N2O4S. The number of benzene rings is 2. The van der Waals surface area contributed by atoms with Crippen LogP contribution in [0.15, 0.2) is 60.7 Å². The van der Waals surface area contributed by atoms with Gasteiger partial charge < -0.3 is 10.1 Å². The number of para-hydroxylation sites is 1. The molecule has 1 N–H and O–H groups in total. The Morgan fingerprint density at radius 3 is 2.50 bits per heavy atom. The zero-order chi connectivity index (χ0) is 21.2. The third-order valence-corrected chi connectivity index (χ3v) is 7.20. The molecule has 162 valence electrons. The van der Waals surface area contributed by atoms with Crippen molar-refractivity contribution in [2.75, 3.05) is 32.0 Å². The Bertz CT molecular complexity index is 888. The first kappa shape index (κ1) is 22.3. The summed E-state index contributed by atoms with van der Waals surface area (Å²) in [6.07, 6.45) is 2.73. The van der Waals surface area contributed by atoms with Crippen LogP contribution in [0.3, 0.4) is 0 Å². The number of ether oxygens (including phenoxy) is 1. The van der Waals surface area contributed by atoms with E-state index >= 15 is 0 Å². The lowest BCUT2D eigenvalue weighted by Gasteiger charge is -2.31. The van der Waals surface area contributed by atoms with Crippen LogP contribution in [-0.4, -0.2) is 50.6 Å². The molecule has 2 aromatic carbocycles. The molecule has 3 rings (SSSR count). The zero-order valence-corrected chi connectivity index (χ0v) is 18.0. The van der Waals surface area contributed by atoms with Gasteiger partial charge >= 0.3 is 0 Å². The maximum atomic E-state index is 12.7. The standard InChI is InChI=1S/C23H30N2O4S/c26-23(24-15-17-29-22-13-5-2-6-14-22)21-12-7-16-25(19-21)30(27,28)18-8-11-20-9-3-1-4-10-20/h1-6,9-10,13-14,21H,7-8,11-12,15-19H2,(H,24,26)/t21-/m1/s1. The SMILES string of the molecule is O=C(NCCOc1ccccc1)[C@@H]1CCCN(S(=O)(=O)CCCc2ccccc2)C1. The van der Waals surface area contributed by atoms with Crippen LogP contribution in [0.25, 0.3) is 0 Å². The highest BCUT2D eigenvalue weighted by atomic mass is 32.2. The van der Waals surface area contributed by atoms with Crippen molar-refractivity contribution in [3.8, 4) is 5.75 Å². The van der Waals surface area contributed by atoms with Gasteiger partial charge in [0.25, 0.3) is 0 Å². The summed E-state index contributed by atoms with van der Waals surface area (Å²) >= 11 is 0. The van der Waals surface area contributed by atoms with Crippen molar-refractivity contribution in [3.05, 3.63) is 66.2 Å². The summed E-state index contributed by atoms with van der Waals surface area (Å²) in [5.41, 5.74) is 1.14. The van der Waals surface area contributed by atoms with Gasteiger partial charge in [-0.2, -0.15) is 0 Å². The normalized spacial score (nSPS) is 17.4. The van der Waals surface area contributed by atoms with Gasteiger partial charge in [0.1, 0.15) is 12.4 Å². The lowest BCUT2D eigenvalue weighted by molar-refractivity contribution is -0.126. The Kier molecular flexibility index (Phi) is 8.28. The first-order valence-electron chi connectivity index (χ1n) is 10.5. The van der Waals surface area contributed by atoms with Crippen molar-refractivity contribution in [2.45, 2.75) is 25.7 Å². The Balaban J connectivity index is 1.41. The molecule has 0 unspecified atom stereocenters. The third kappa shape index (κ3) is 6.85. The predicted octanol–water partition coefficient (Wildman–Crippen LogP) is 2.86. The number of hydrogen-bond acceptors (Lipinski definition) is 4. The molecule has 7 heteroatoms. The van der Waals surface area contributed by atoms with E-state index < -0.39 is 10.0 Å². The summed E-state index contributed by atoms with van der Waals surface area (Å²) in [4.78, 5) is 12.5. The summed E-state index contributed by atoms with van der Waals surface area (Å²) in [5, 5.41) is 2.87. The minimum Gasteiger partial charge on any atom is -0.492 e. The number of hydrogen-bond donors (Lipinski definition) is 1. The van der Waals surface area contributed by atoms with E-state index in [0.717, 1.165) is 17.7 Å². The molecular weight excluding hydrogens is 400 g/mol. The van der Waals surface area contributed by atoms with Crippen molar-refractivity contribution >= 4 is 15.9 Å². The van der Waals surface area contributed by atoms with Gasteiger partial charge in [0.2, 0.25) is 15.9 Å². The van der Waals surface area contributed by atoms with E-state index in [0.29, 0.717) is 39.0 Å². The summed E-state index contributed by atoms with van der Waals surface area (Å²) in [5.74, 6) is 0.466. The molecule has 1 aliphatic rings. The van der Waals surface area contributed by atoms with Gasteiger partial charge in [-0.1, -0.05) is 48.5 Å². The third-order valence-electron chi connectivity index (χ3n) is 5.27. The van der Waals surface area contributed by atoms with Crippen molar-refractivity contribution < 1.29 is 17.9 Å². The molecule has 1 atom stereocenters. The summed E-state index contributed by atoms with van der Waals surface area (Å²) in [7, 11) is -3.35. The van der Waals surface area contributed by atoms with Gasteiger partial charge in [-0.25, -0.2) is 12.7 Å². The van der Waals surface area contributed by atoms with E-state index in [-0.39, 0.29) is 24.1 Å². The minimum absolute atomic E-state index is 0.101. The second-order valence-corrected chi connectivity index (χ2v) is 9.64. The number of carbonyl (C=O) groups excluding carboxylic acids is 1. The van der Waals surface area contributed by atoms with E-state index in [4.69, 9.17) is 4.74 Å². The Labute approximate surface area is 179 Å². The first-order valence-corrected chi connectivity index (χ1v) is 12.1. The number of piperidine rings is 1. The average molecular weight is 431 g/mol. The topological polar surface area (TPSA) is 75.7 Å². The zero-order valence-electron chi connectivity index (χ0n) is 17.2.